The van der Waals surface area contributed by atoms with Crippen molar-refractivity contribution in [1.29, 1.82) is 0 Å². The molecular formula is C12H12N2O4S. The van der Waals surface area contributed by atoms with Crippen molar-refractivity contribution in [3.63, 3.8) is 0 Å². The Morgan fingerprint density at radius 1 is 1.37 bits per heavy atom. The van der Waals surface area contributed by atoms with Crippen molar-refractivity contribution in [2.75, 3.05) is 5.32 Å². The zero-order valence-electron chi connectivity index (χ0n) is 10.6. The molecule has 2 N–H and O–H groups in total. The monoisotopic (exact) mass is 280 g/mol. The number of aromatic carboxylic acids is 1. The molecule has 0 fully saturated rings. The Bertz CT molecular complexity index is 657. The van der Waals surface area contributed by atoms with Crippen molar-refractivity contribution in [1.82, 2.24) is 4.98 Å². The summed E-state index contributed by atoms with van der Waals surface area (Å²) in [5.41, 5.74) is 1.23. The molecule has 6 nitrogen and oxygen atoms in total. The Kier molecular flexibility index (Phi) is 3.39. The summed E-state index contributed by atoms with van der Waals surface area (Å²) < 4.78 is 4.97. The Morgan fingerprint density at radius 2 is 2.05 bits per heavy atom. The van der Waals surface area contributed by atoms with Crippen LogP contribution in [0.3, 0.4) is 0 Å². The van der Waals surface area contributed by atoms with Gasteiger partial charge in [-0.2, -0.15) is 0 Å². The number of rotatable bonds is 3. The topological polar surface area (TPSA) is 92.4 Å². The second-order valence-electron chi connectivity index (χ2n) is 4.01. The second kappa shape index (κ2) is 4.85. The van der Waals surface area contributed by atoms with Crippen LogP contribution in [0.2, 0.25) is 0 Å². The number of hydrogen-bond donors (Lipinski definition) is 2. The number of carbonyl (C=O) groups excluding carboxylic acids is 1. The Labute approximate surface area is 113 Å². The second-order valence-corrected chi connectivity index (χ2v) is 5.24. The lowest BCUT2D eigenvalue weighted by atomic mass is 10.1. The molecule has 0 saturated heterocycles. The molecule has 0 unspecified atom stereocenters. The summed E-state index contributed by atoms with van der Waals surface area (Å²) in [6.45, 7) is 5.16. The molecule has 0 atom stereocenters. The van der Waals surface area contributed by atoms with Crippen molar-refractivity contribution in [3.8, 4) is 0 Å². The molecule has 0 aliphatic rings. The van der Waals surface area contributed by atoms with Gasteiger partial charge >= 0.3 is 5.97 Å². The highest BCUT2D eigenvalue weighted by Gasteiger charge is 2.22. The first kappa shape index (κ1) is 13.3. The molecule has 0 saturated carbocycles. The van der Waals surface area contributed by atoms with E-state index in [1.165, 1.54) is 17.7 Å². The van der Waals surface area contributed by atoms with Crippen LogP contribution in [-0.2, 0) is 0 Å². The lowest BCUT2D eigenvalue weighted by Gasteiger charge is -2.02. The van der Waals surface area contributed by atoms with Gasteiger partial charge in [0.1, 0.15) is 5.00 Å². The number of nitrogens with zero attached hydrogens (tertiary/aromatic N) is 1. The van der Waals surface area contributed by atoms with Crippen LogP contribution in [0.5, 0.6) is 0 Å². The van der Waals surface area contributed by atoms with Crippen molar-refractivity contribution in [2.24, 2.45) is 0 Å². The third-order valence-corrected chi connectivity index (χ3v) is 3.90. The number of nitrogens with one attached hydrogen (secondary N) is 1. The van der Waals surface area contributed by atoms with Crippen molar-refractivity contribution >= 4 is 28.2 Å². The van der Waals surface area contributed by atoms with Crippen LogP contribution in [0.25, 0.3) is 0 Å². The molecule has 0 aliphatic carbocycles. The lowest BCUT2D eigenvalue weighted by molar-refractivity contribution is 0.0697. The summed E-state index contributed by atoms with van der Waals surface area (Å²) in [5.74, 6) is -1.48. The van der Waals surface area contributed by atoms with Crippen LogP contribution in [0.4, 0.5) is 5.00 Å². The van der Waals surface area contributed by atoms with Crippen LogP contribution in [0.15, 0.2) is 10.8 Å². The maximum Gasteiger partial charge on any atom is 0.338 e. The predicted molar refractivity (Wildman–Crippen MR) is 69.9 cm³/mol. The van der Waals surface area contributed by atoms with Crippen molar-refractivity contribution in [3.05, 3.63) is 33.9 Å². The number of amides is 1. The van der Waals surface area contributed by atoms with Gasteiger partial charge in [0.15, 0.2) is 6.39 Å². The molecule has 2 heterocycles. The number of oxazole rings is 1. The largest absolute Gasteiger partial charge is 0.478 e. The van der Waals surface area contributed by atoms with Crippen LogP contribution in [0.1, 0.15) is 37.0 Å². The van der Waals surface area contributed by atoms with E-state index in [1.807, 2.05) is 6.92 Å². The average Bonchev–Trinajstić information content (AvgIpc) is 2.84. The smallest absolute Gasteiger partial charge is 0.338 e. The summed E-state index contributed by atoms with van der Waals surface area (Å²) in [4.78, 5) is 27.8. The summed E-state index contributed by atoms with van der Waals surface area (Å²) in [6, 6.07) is 0. The third-order valence-electron chi connectivity index (χ3n) is 2.78. The van der Waals surface area contributed by atoms with Crippen LogP contribution in [-0.4, -0.2) is 22.0 Å². The van der Waals surface area contributed by atoms with Gasteiger partial charge < -0.3 is 14.8 Å². The molecule has 1 amide bonds. The minimum atomic E-state index is -1.06. The highest BCUT2D eigenvalue weighted by molar-refractivity contribution is 7.16. The van der Waals surface area contributed by atoms with E-state index in [0.29, 0.717) is 16.3 Å². The zero-order valence-corrected chi connectivity index (χ0v) is 11.4. The number of anilines is 1. The number of aryl methyl sites for hydroxylation is 2. The van der Waals surface area contributed by atoms with E-state index in [0.717, 1.165) is 4.88 Å². The Morgan fingerprint density at radius 3 is 2.58 bits per heavy atom. The van der Waals surface area contributed by atoms with Crippen molar-refractivity contribution < 1.29 is 19.1 Å². The maximum atomic E-state index is 12.0. The van der Waals surface area contributed by atoms with Gasteiger partial charge in [-0.05, 0) is 26.3 Å². The Hall–Kier alpha value is -2.15. The van der Waals surface area contributed by atoms with E-state index in [-0.39, 0.29) is 11.3 Å². The zero-order chi connectivity index (χ0) is 14.2. The van der Waals surface area contributed by atoms with Crippen molar-refractivity contribution in [2.45, 2.75) is 20.8 Å². The molecule has 2 aromatic rings. The minimum absolute atomic E-state index is 0.0834. The van der Waals surface area contributed by atoms with Gasteiger partial charge in [-0.3, -0.25) is 4.79 Å². The number of aromatic nitrogens is 1. The number of thiophene rings is 1. The van der Waals surface area contributed by atoms with Gasteiger partial charge in [-0.15, -0.1) is 11.3 Å². The van der Waals surface area contributed by atoms with Crippen LogP contribution < -0.4 is 5.32 Å². The quantitative estimate of drug-likeness (QED) is 0.901. The predicted octanol–water partition coefficient (Wildman–Crippen LogP) is 2.61. The molecule has 0 aliphatic heterocycles. The first-order valence-electron chi connectivity index (χ1n) is 5.46. The number of carbonyl (C=O) groups is 2. The van der Waals surface area contributed by atoms with Gasteiger partial charge in [0.25, 0.3) is 5.91 Å². The minimum Gasteiger partial charge on any atom is -0.478 e. The molecule has 2 aromatic heterocycles. The molecule has 19 heavy (non-hydrogen) atoms. The maximum absolute atomic E-state index is 12.0. The highest BCUT2D eigenvalue weighted by Crippen LogP contribution is 2.32. The van der Waals surface area contributed by atoms with Crippen LogP contribution in [0, 0.1) is 20.8 Å². The first-order chi connectivity index (χ1) is 8.91. The SMILES string of the molecule is Cc1ncoc1C(=O)Nc1sc(C)c(C)c1C(=O)O. The molecule has 0 aromatic carbocycles. The molecule has 7 heteroatoms. The van der Waals surface area contributed by atoms with Gasteiger partial charge in [-0.1, -0.05) is 0 Å². The molecule has 100 valence electrons. The van der Waals surface area contributed by atoms with E-state index >= 15 is 0 Å². The third kappa shape index (κ3) is 2.37. The number of hydrogen-bond acceptors (Lipinski definition) is 5. The van der Waals surface area contributed by atoms with E-state index < -0.39 is 11.9 Å². The highest BCUT2D eigenvalue weighted by atomic mass is 32.1. The van der Waals surface area contributed by atoms with Gasteiger partial charge in [0, 0.05) is 4.88 Å². The molecule has 2 rings (SSSR count). The Balaban J connectivity index is 2.35. The van der Waals surface area contributed by atoms with E-state index in [1.54, 1.807) is 13.8 Å². The fourth-order valence-electron chi connectivity index (χ4n) is 1.65. The molecule has 0 spiro atoms. The number of carboxylic acid groups (broad SMARTS) is 1. The lowest BCUT2D eigenvalue weighted by Crippen LogP contribution is -2.14. The molecule has 0 bridgehead atoms. The first-order valence-corrected chi connectivity index (χ1v) is 6.28. The van der Waals surface area contributed by atoms with E-state index in [2.05, 4.69) is 10.3 Å². The molecule has 0 radical (unpaired) electrons. The average molecular weight is 280 g/mol. The summed E-state index contributed by atoms with van der Waals surface area (Å²) in [6.07, 6.45) is 1.17. The van der Waals surface area contributed by atoms with E-state index in [4.69, 9.17) is 4.42 Å². The van der Waals surface area contributed by atoms with Gasteiger partial charge in [-0.25, -0.2) is 9.78 Å². The number of carboxylic acids is 1. The van der Waals surface area contributed by atoms with Gasteiger partial charge in [0.2, 0.25) is 5.76 Å². The fourth-order valence-corrected chi connectivity index (χ4v) is 2.70. The summed E-state index contributed by atoms with van der Waals surface area (Å²) in [5, 5.41) is 12.0. The standard InChI is InChI=1S/C12H12N2O4S/c1-5-7(3)19-11(8(5)12(16)17)14-10(15)9-6(2)13-4-18-9/h4H,1-3H3,(H,14,15)(H,16,17). The summed E-state index contributed by atoms with van der Waals surface area (Å²) in [7, 11) is 0. The summed E-state index contributed by atoms with van der Waals surface area (Å²) >= 11 is 1.23. The van der Waals surface area contributed by atoms with Gasteiger partial charge in [0.05, 0.1) is 11.3 Å². The fraction of sp³-hybridized carbons (Fsp3) is 0.250. The van der Waals surface area contributed by atoms with Crippen LogP contribution >= 0.6 is 11.3 Å². The van der Waals surface area contributed by atoms with E-state index in [9.17, 15) is 14.7 Å². The molecular weight excluding hydrogens is 268 g/mol. The normalized spacial score (nSPS) is 10.5.